The van der Waals surface area contributed by atoms with Crippen LogP contribution in [-0.2, 0) is 6.54 Å². The van der Waals surface area contributed by atoms with Gasteiger partial charge in [0.2, 0.25) is 0 Å². The van der Waals surface area contributed by atoms with Crippen molar-refractivity contribution in [2.24, 2.45) is 5.10 Å². The van der Waals surface area contributed by atoms with Crippen LogP contribution in [0.1, 0.15) is 21.5 Å². The third kappa shape index (κ3) is 4.93. The standard InChI is InChI=1S/C18H17N6O5/c1-29-16-7-6-12(8-13(16)10-23-11-19-18(22-23)24(27)28)9-20-21-17(26)14-4-2-3-5-15(14)25/h2-9,11,24-25H,10H2,1H3,(H,21,26)/q-1/b20-9+. The Kier molecular flexibility index (Phi) is 6.14. The molecule has 3 N–H and O–H groups in total. The van der Waals surface area contributed by atoms with E-state index in [0.29, 0.717) is 16.9 Å². The zero-order chi connectivity index (χ0) is 20.8. The van der Waals surface area contributed by atoms with Crippen molar-refractivity contribution >= 4 is 18.1 Å². The number of carbonyl (C=O) groups is 1. The highest BCUT2D eigenvalue weighted by Gasteiger charge is 2.10. The van der Waals surface area contributed by atoms with Gasteiger partial charge in [-0.25, -0.2) is 10.1 Å². The Hall–Kier alpha value is -3.80. The second-order valence-electron chi connectivity index (χ2n) is 5.84. The van der Waals surface area contributed by atoms with Crippen molar-refractivity contribution in [3.05, 3.63) is 75.9 Å². The number of quaternary nitrogens is 1. The number of carbonyl (C=O) groups excluding carboxylic acids is 1. The number of rotatable bonds is 7. The van der Waals surface area contributed by atoms with Crippen molar-refractivity contribution in [3.63, 3.8) is 0 Å². The summed E-state index contributed by atoms with van der Waals surface area (Å²) in [6.07, 6.45) is 2.70. The number of phenols is 1. The molecule has 3 rings (SSSR count). The largest absolute Gasteiger partial charge is 0.625 e. The molecule has 0 bridgehead atoms. The number of nitrogens with one attached hydrogen (secondary N) is 2. The number of hydrogen-bond donors (Lipinski definition) is 3. The number of amides is 1. The lowest BCUT2D eigenvalue weighted by molar-refractivity contribution is -0.721. The molecule has 0 aliphatic heterocycles. The average molecular weight is 397 g/mol. The minimum absolute atomic E-state index is 0.106. The van der Waals surface area contributed by atoms with Crippen molar-refractivity contribution < 1.29 is 19.9 Å². The number of ether oxygens (including phenoxy) is 1. The van der Waals surface area contributed by atoms with E-state index in [4.69, 9.17) is 4.74 Å². The molecule has 2 aromatic carbocycles. The normalized spacial score (nSPS) is 11.2. The number of aromatic hydroxyl groups is 1. The molecule has 11 nitrogen and oxygen atoms in total. The Morgan fingerprint density at radius 3 is 2.83 bits per heavy atom. The molecule has 3 aromatic rings. The molecule has 29 heavy (non-hydrogen) atoms. The SMILES string of the molecule is COc1ccc(/C=N/NC(=O)c2ccccc2O)cc1Cn1cnc([NH+]([O-])[O-])n1. The van der Waals surface area contributed by atoms with E-state index in [2.05, 4.69) is 20.6 Å². The third-order valence-corrected chi connectivity index (χ3v) is 3.88. The Balaban J connectivity index is 1.73. The van der Waals surface area contributed by atoms with Crippen LogP contribution in [0.15, 0.2) is 53.9 Å². The van der Waals surface area contributed by atoms with E-state index in [9.17, 15) is 20.3 Å². The van der Waals surface area contributed by atoms with Crippen LogP contribution < -0.4 is 15.4 Å². The number of benzene rings is 2. The number of hydrazone groups is 1. The fourth-order valence-electron chi connectivity index (χ4n) is 2.53. The van der Waals surface area contributed by atoms with Crippen molar-refractivity contribution in [1.82, 2.24) is 20.2 Å². The molecule has 0 spiro atoms. The molecule has 0 unspecified atom stereocenters. The fraction of sp³-hybridized carbons (Fsp3) is 0.111. The summed E-state index contributed by atoms with van der Waals surface area (Å²) < 4.78 is 6.65. The summed E-state index contributed by atoms with van der Waals surface area (Å²) >= 11 is 0. The smallest absolute Gasteiger partial charge is 0.346 e. The lowest BCUT2D eigenvalue weighted by Crippen LogP contribution is -2.96. The third-order valence-electron chi connectivity index (χ3n) is 3.88. The van der Waals surface area contributed by atoms with Gasteiger partial charge in [-0.3, -0.25) is 4.79 Å². The van der Waals surface area contributed by atoms with Gasteiger partial charge in [-0.2, -0.15) is 10.1 Å². The predicted molar refractivity (Wildman–Crippen MR) is 103 cm³/mol. The Morgan fingerprint density at radius 2 is 2.14 bits per heavy atom. The van der Waals surface area contributed by atoms with E-state index in [1.807, 2.05) is 0 Å². The minimum atomic E-state index is -1.46. The van der Waals surface area contributed by atoms with Gasteiger partial charge in [0.25, 0.3) is 5.91 Å². The number of para-hydroxylation sites is 1. The molecular formula is C18H17N6O5-. The molecule has 0 radical (unpaired) electrons. The van der Waals surface area contributed by atoms with Gasteiger partial charge in [0, 0.05) is 5.56 Å². The number of aromatic nitrogens is 3. The summed E-state index contributed by atoms with van der Waals surface area (Å²) in [5.41, 5.74) is 3.79. The minimum Gasteiger partial charge on any atom is -0.625 e. The van der Waals surface area contributed by atoms with Crippen LogP contribution in [-0.4, -0.2) is 39.1 Å². The van der Waals surface area contributed by atoms with Crippen molar-refractivity contribution in [1.29, 1.82) is 0 Å². The second kappa shape index (κ2) is 8.93. The predicted octanol–water partition coefficient (Wildman–Crippen LogP) is 0.316. The highest BCUT2D eigenvalue weighted by atomic mass is 16.8. The number of phenolic OH excluding ortho intramolecular Hbond substituents is 1. The molecule has 1 amide bonds. The van der Waals surface area contributed by atoms with Gasteiger partial charge in [0.1, 0.15) is 17.8 Å². The molecule has 0 saturated heterocycles. The van der Waals surface area contributed by atoms with E-state index in [1.54, 1.807) is 30.3 Å². The Morgan fingerprint density at radius 1 is 1.34 bits per heavy atom. The molecule has 0 fully saturated rings. The van der Waals surface area contributed by atoms with Crippen molar-refractivity contribution in [3.8, 4) is 11.5 Å². The van der Waals surface area contributed by atoms with E-state index < -0.39 is 17.1 Å². The van der Waals surface area contributed by atoms with Crippen molar-refractivity contribution in [2.45, 2.75) is 6.54 Å². The second-order valence-corrected chi connectivity index (χ2v) is 5.84. The van der Waals surface area contributed by atoms with Crippen LogP contribution in [0.4, 0.5) is 5.95 Å². The highest BCUT2D eigenvalue weighted by molar-refractivity contribution is 5.97. The maximum Gasteiger partial charge on any atom is 0.346 e. The van der Waals surface area contributed by atoms with Crippen molar-refractivity contribution in [2.75, 3.05) is 7.11 Å². The molecule has 1 aromatic heterocycles. The van der Waals surface area contributed by atoms with Gasteiger partial charge in [0.15, 0.2) is 0 Å². The van der Waals surface area contributed by atoms with Crippen LogP contribution in [0, 0.1) is 10.4 Å². The summed E-state index contributed by atoms with van der Waals surface area (Å²) in [5.74, 6) is -0.541. The van der Waals surface area contributed by atoms with Gasteiger partial charge in [-0.15, -0.1) is 0 Å². The lowest BCUT2D eigenvalue weighted by atomic mass is 10.1. The van der Waals surface area contributed by atoms with Gasteiger partial charge >= 0.3 is 5.95 Å². The summed E-state index contributed by atoms with van der Waals surface area (Å²) in [4.78, 5) is 15.7. The molecule has 11 heteroatoms. The molecule has 1 heterocycles. The monoisotopic (exact) mass is 397 g/mol. The lowest BCUT2D eigenvalue weighted by Gasteiger charge is -2.19. The maximum absolute atomic E-state index is 12.0. The maximum atomic E-state index is 12.0. The van der Waals surface area contributed by atoms with E-state index in [-0.39, 0.29) is 17.9 Å². The zero-order valence-corrected chi connectivity index (χ0v) is 15.3. The number of hydrogen-bond acceptors (Lipinski definition) is 8. The summed E-state index contributed by atoms with van der Waals surface area (Å²) in [6, 6.07) is 11.3. The number of nitrogens with zero attached hydrogens (tertiary/aromatic N) is 4. The molecule has 0 saturated carbocycles. The Bertz CT molecular complexity index is 1030. The molecule has 0 atom stereocenters. The first-order valence-electron chi connectivity index (χ1n) is 8.37. The first-order chi connectivity index (χ1) is 14.0. The quantitative estimate of drug-likeness (QED) is 0.383. The topological polar surface area (TPSA) is 152 Å². The summed E-state index contributed by atoms with van der Waals surface area (Å²) in [7, 11) is 1.51. The summed E-state index contributed by atoms with van der Waals surface area (Å²) in [6.45, 7) is 0.204. The Labute approximate surface area is 165 Å². The first kappa shape index (κ1) is 19.9. The van der Waals surface area contributed by atoms with Gasteiger partial charge in [-0.05, 0) is 35.9 Å². The average Bonchev–Trinajstić information content (AvgIpc) is 3.17. The zero-order valence-electron chi connectivity index (χ0n) is 15.3. The highest BCUT2D eigenvalue weighted by Crippen LogP contribution is 2.20. The molecule has 0 aliphatic rings. The van der Waals surface area contributed by atoms with Crippen LogP contribution in [0.25, 0.3) is 0 Å². The molecule has 150 valence electrons. The number of methoxy groups -OCH3 is 1. The van der Waals surface area contributed by atoms with E-state index in [1.165, 1.54) is 36.5 Å². The first-order valence-corrected chi connectivity index (χ1v) is 8.37. The molecule has 0 aliphatic carbocycles. The van der Waals surface area contributed by atoms with Gasteiger partial charge in [0.05, 0.1) is 25.4 Å². The van der Waals surface area contributed by atoms with E-state index in [0.717, 1.165) is 0 Å². The van der Waals surface area contributed by atoms with Gasteiger partial charge in [-0.1, -0.05) is 17.2 Å². The van der Waals surface area contributed by atoms with Crippen LogP contribution >= 0.6 is 0 Å². The molecular weight excluding hydrogens is 380 g/mol. The van der Waals surface area contributed by atoms with Crippen LogP contribution in [0.2, 0.25) is 0 Å². The van der Waals surface area contributed by atoms with Crippen LogP contribution in [0.5, 0.6) is 11.5 Å². The fourth-order valence-corrected chi connectivity index (χ4v) is 2.53. The van der Waals surface area contributed by atoms with E-state index >= 15 is 0 Å². The van der Waals surface area contributed by atoms with Crippen LogP contribution in [0.3, 0.4) is 0 Å². The summed E-state index contributed by atoms with van der Waals surface area (Å²) in [5, 5.41) is 37.5. The van der Waals surface area contributed by atoms with Gasteiger partial charge < -0.3 is 25.5 Å².